The Morgan fingerprint density at radius 1 is 1.21 bits per heavy atom. The number of thiophene rings is 1. The number of hydrogen-bond donors (Lipinski definition) is 3. The Morgan fingerprint density at radius 2 is 2.03 bits per heavy atom. The molecule has 5 nitrogen and oxygen atoms in total. The van der Waals surface area contributed by atoms with Gasteiger partial charge >= 0.3 is 0 Å². The van der Waals surface area contributed by atoms with Crippen molar-refractivity contribution >= 4 is 34.1 Å². The highest BCUT2D eigenvalue weighted by atomic mass is 32.1. The summed E-state index contributed by atoms with van der Waals surface area (Å²) in [6.07, 6.45) is 11.3. The van der Waals surface area contributed by atoms with E-state index < -0.39 is 5.83 Å². The molecule has 3 N–H and O–H groups in total. The number of aromatic amines is 2. The minimum absolute atomic E-state index is 0.258. The predicted molar refractivity (Wildman–Crippen MR) is 157 cm³/mol. The summed E-state index contributed by atoms with van der Waals surface area (Å²) in [7, 11) is 0. The van der Waals surface area contributed by atoms with E-state index in [1.807, 2.05) is 61.7 Å². The monoisotopic (exact) mass is 523 g/mol. The Hall–Kier alpha value is -4.23. The molecule has 4 heterocycles. The van der Waals surface area contributed by atoms with Crippen molar-refractivity contribution in [1.29, 1.82) is 0 Å². The molecule has 0 amide bonds. The number of rotatable bonds is 9. The number of fused-ring (bicyclic) bond motifs is 1. The Morgan fingerprint density at radius 3 is 2.68 bits per heavy atom. The minimum atomic E-state index is -0.453. The number of hydrogen-bond acceptors (Lipinski definition) is 4. The van der Waals surface area contributed by atoms with Crippen molar-refractivity contribution in [3.8, 4) is 22.0 Å². The molecule has 1 aliphatic carbocycles. The molecule has 0 unspecified atom stereocenters. The molecule has 1 fully saturated rings. The number of halogens is 1. The van der Waals surface area contributed by atoms with Gasteiger partial charge in [-0.25, -0.2) is 4.39 Å². The van der Waals surface area contributed by atoms with Gasteiger partial charge in [0.2, 0.25) is 0 Å². The Balaban J connectivity index is 1.59. The fraction of sp³-hybridized carbons (Fsp3) is 0.161. The SMILES string of the molecule is C=C/C(=C\C(=C/C)C(=C)/C(F)=c1/c(-c2cc3c(-c4cccs4)nccc3[nH]2)n[nH]/c1=C/C)NC(=C)C1CC1. The molecule has 4 aromatic rings. The standard InChI is InChI=1S/C31H30FN5S/c1-6-20(16-22(7-2)34-19(5)21-11-12-21)18(4)29(32)28-24(8-3)36-37-31(28)26-17-23-25(35-26)13-14-33-30(23)27-10-9-15-38-27/h6-10,13-17,21,34-36H,2,4-5,11-12H2,1,3H3/b20-6+,22-16+,24-8+,29-28-. The van der Waals surface area contributed by atoms with Crippen LogP contribution in [0.15, 0.2) is 96.3 Å². The van der Waals surface area contributed by atoms with Crippen LogP contribution in [-0.2, 0) is 0 Å². The van der Waals surface area contributed by atoms with Crippen molar-refractivity contribution in [2.24, 2.45) is 5.92 Å². The van der Waals surface area contributed by atoms with Crippen molar-refractivity contribution < 1.29 is 4.39 Å². The summed E-state index contributed by atoms with van der Waals surface area (Å²) in [6, 6.07) is 7.93. The van der Waals surface area contributed by atoms with Gasteiger partial charge < -0.3 is 10.3 Å². The average molecular weight is 524 g/mol. The van der Waals surface area contributed by atoms with Crippen LogP contribution in [0.4, 0.5) is 4.39 Å². The summed E-state index contributed by atoms with van der Waals surface area (Å²) < 4.78 is 16.3. The molecule has 38 heavy (non-hydrogen) atoms. The largest absolute Gasteiger partial charge is 0.359 e. The van der Waals surface area contributed by atoms with E-state index in [1.165, 1.54) is 0 Å². The molecule has 0 aromatic carbocycles. The zero-order valence-corrected chi connectivity index (χ0v) is 22.4. The van der Waals surface area contributed by atoms with E-state index in [-0.39, 0.29) is 5.57 Å². The lowest BCUT2D eigenvalue weighted by Crippen LogP contribution is -2.26. The van der Waals surface area contributed by atoms with Crippen LogP contribution in [-0.4, -0.2) is 20.2 Å². The third-order valence-corrected chi connectivity index (χ3v) is 7.57. The summed E-state index contributed by atoms with van der Waals surface area (Å²) in [6.45, 7) is 15.8. The van der Waals surface area contributed by atoms with Crippen LogP contribution < -0.4 is 15.9 Å². The summed E-state index contributed by atoms with van der Waals surface area (Å²) in [5.41, 5.74) is 5.57. The van der Waals surface area contributed by atoms with Gasteiger partial charge in [-0.1, -0.05) is 38.0 Å². The van der Waals surface area contributed by atoms with E-state index in [1.54, 1.807) is 23.6 Å². The van der Waals surface area contributed by atoms with Crippen LogP contribution in [0.5, 0.6) is 0 Å². The predicted octanol–water partition coefficient (Wildman–Crippen LogP) is 6.65. The van der Waals surface area contributed by atoms with Crippen molar-refractivity contribution in [1.82, 2.24) is 25.5 Å². The first-order valence-corrected chi connectivity index (χ1v) is 13.4. The molecule has 1 aliphatic rings. The molecule has 7 heteroatoms. The van der Waals surface area contributed by atoms with Crippen LogP contribution >= 0.6 is 11.3 Å². The van der Waals surface area contributed by atoms with E-state index in [9.17, 15) is 0 Å². The Kier molecular flexibility index (Phi) is 7.11. The molecule has 0 spiro atoms. The van der Waals surface area contributed by atoms with Crippen molar-refractivity contribution in [3.05, 3.63) is 107 Å². The minimum Gasteiger partial charge on any atom is -0.359 e. The fourth-order valence-electron chi connectivity index (χ4n) is 4.43. The van der Waals surface area contributed by atoms with Gasteiger partial charge in [-0.2, -0.15) is 5.10 Å². The Labute approximate surface area is 225 Å². The number of nitrogens with zero attached hydrogens (tertiary/aromatic N) is 2. The van der Waals surface area contributed by atoms with E-state index in [4.69, 9.17) is 0 Å². The van der Waals surface area contributed by atoms with Gasteiger partial charge in [0.15, 0.2) is 0 Å². The van der Waals surface area contributed by atoms with Gasteiger partial charge in [0.25, 0.3) is 0 Å². The lowest BCUT2D eigenvalue weighted by atomic mass is 10.0. The molecule has 1 saturated carbocycles. The average Bonchev–Trinajstić information content (AvgIpc) is 3.31. The molecule has 192 valence electrons. The molecule has 0 bridgehead atoms. The zero-order chi connectivity index (χ0) is 26.8. The molecule has 0 saturated heterocycles. The first-order chi connectivity index (χ1) is 18.4. The van der Waals surface area contributed by atoms with Gasteiger partial charge in [-0.3, -0.25) is 10.1 Å². The number of pyridine rings is 1. The van der Waals surface area contributed by atoms with Gasteiger partial charge in [0.05, 0.1) is 26.8 Å². The maximum atomic E-state index is 16.3. The summed E-state index contributed by atoms with van der Waals surface area (Å²) in [5, 5.41) is 14.7. The second kappa shape index (κ2) is 10.6. The van der Waals surface area contributed by atoms with E-state index in [0.29, 0.717) is 33.4 Å². The number of allylic oxidation sites excluding steroid dienone is 6. The highest BCUT2D eigenvalue weighted by molar-refractivity contribution is 7.13. The highest BCUT2D eigenvalue weighted by Crippen LogP contribution is 2.35. The molecule has 0 atom stereocenters. The highest BCUT2D eigenvalue weighted by Gasteiger charge is 2.25. The number of nitrogens with one attached hydrogen (secondary N) is 3. The quantitative estimate of drug-likeness (QED) is 0.215. The van der Waals surface area contributed by atoms with Crippen LogP contribution in [0.1, 0.15) is 26.7 Å². The van der Waals surface area contributed by atoms with Crippen molar-refractivity contribution in [2.45, 2.75) is 26.7 Å². The molecule has 0 aliphatic heterocycles. The second-order valence-corrected chi connectivity index (χ2v) is 10.1. The fourth-order valence-corrected chi connectivity index (χ4v) is 5.16. The van der Waals surface area contributed by atoms with Gasteiger partial charge in [-0.05, 0) is 73.9 Å². The van der Waals surface area contributed by atoms with Crippen LogP contribution in [0.3, 0.4) is 0 Å². The molecule has 0 radical (unpaired) electrons. The third-order valence-electron chi connectivity index (χ3n) is 6.69. The summed E-state index contributed by atoms with van der Waals surface area (Å²) >= 11 is 1.63. The summed E-state index contributed by atoms with van der Waals surface area (Å²) in [5.74, 6) is 0.0350. The topological polar surface area (TPSA) is 69.4 Å². The van der Waals surface area contributed by atoms with E-state index >= 15 is 4.39 Å². The molecular formula is C31H30FN5S. The van der Waals surface area contributed by atoms with Crippen molar-refractivity contribution in [3.63, 3.8) is 0 Å². The second-order valence-electron chi connectivity index (χ2n) is 9.20. The third kappa shape index (κ3) is 4.85. The smallest absolute Gasteiger partial charge is 0.142 e. The first kappa shape index (κ1) is 25.4. The van der Waals surface area contributed by atoms with Crippen LogP contribution in [0, 0.1) is 5.92 Å². The number of aromatic nitrogens is 4. The number of H-pyrrole nitrogens is 2. The molecule has 5 rings (SSSR count). The maximum absolute atomic E-state index is 16.3. The van der Waals surface area contributed by atoms with Crippen molar-refractivity contribution in [2.75, 3.05) is 0 Å². The van der Waals surface area contributed by atoms with Crippen LogP contribution in [0.25, 0.3) is 44.8 Å². The maximum Gasteiger partial charge on any atom is 0.142 e. The van der Waals surface area contributed by atoms with E-state index in [2.05, 4.69) is 45.2 Å². The van der Waals surface area contributed by atoms with Gasteiger partial charge in [0.1, 0.15) is 11.5 Å². The lowest BCUT2D eigenvalue weighted by Gasteiger charge is -2.11. The van der Waals surface area contributed by atoms with Gasteiger partial charge in [-0.15, -0.1) is 11.3 Å². The Bertz CT molecular complexity index is 1730. The van der Waals surface area contributed by atoms with E-state index in [0.717, 1.165) is 45.7 Å². The van der Waals surface area contributed by atoms with Crippen LogP contribution in [0.2, 0.25) is 0 Å². The normalized spacial score (nSPS) is 15.6. The lowest BCUT2D eigenvalue weighted by molar-refractivity contribution is 0.751. The summed E-state index contributed by atoms with van der Waals surface area (Å²) in [4.78, 5) is 9.07. The van der Waals surface area contributed by atoms with Gasteiger partial charge in [0, 0.05) is 34.1 Å². The first-order valence-electron chi connectivity index (χ1n) is 12.5. The zero-order valence-electron chi connectivity index (χ0n) is 21.6. The molecular weight excluding hydrogens is 493 g/mol. The molecule has 4 aromatic heterocycles.